The van der Waals surface area contributed by atoms with Gasteiger partial charge in [-0.3, -0.25) is 9.89 Å². The van der Waals surface area contributed by atoms with Crippen LogP contribution in [0.1, 0.15) is 23.3 Å². The lowest BCUT2D eigenvalue weighted by atomic mass is 10.0. The molecule has 1 aliphatic heterocycles. The summed E-state index contributed by atoms with van der Waals surface area (Å²) in [5, 5.41) is 14.0. The maximum Gasteiger partial charge on any atom is 0.271 e. The molecule has 0 bridgehead atoms. The third-order valence-electron chi connectivity index (χ3n) is 5.35. The van der Waals surface area contributed by atoms with Gasteiger partial charge in [0.15, 0.2) is 0 Å². The van der Waals surface area contributed by atoms with Crippen LogP contribution in [0.2, 0.25) is 0 Å². The average Bonchev–Trinajstić information content (AvgIpc) is 3.46. The maximum atomic E-state index is 13.5. The van der Waals surface area contributed by atoms with Crippen LogP contribution < -0.4 is 10.6 Å². The van der Waals surface area contributed by atoms with Crippen molar-refractivity contribution in [1.29, 1.82) is 0 Å². The number of anilines is 3. The zero-order valence-corrected chi connectivity index (χ0v) is 16.6. The fourth-order valence-corrected chi connectivity index (χ4v) is 3.77. The summed E-state index contributed by atoms with van der Waals surface area (Å²) in [4.78, 5) is 26.5. The number of likely N-dealkylation sites (tertiary alicyclic amines) is 1. The number of hydrogen-bond donors (Lipinski definition) is 4. The molecule has 0 atom stereocenters. The van der Waals surface area contributed by atoms with Gasteiger partial charge in [-0.05, 0) is 43.2 Å². The molecule has 0 radical (unpaired) electrons. The zero-order valence-electron chi connectivity index (χ0n) is 16.6. The summed E-state index contributed by atoms with van der Waals surface area (Å²) in [5.41, 5.74) is 1.76. The van der Waals surface area contributed by atoms with Crippen molar-refractivity contribution in [3.63, 3.8) is 0 Å². The second-order valence-electron chi connectivity index (χ2n) is 7.45. The van der Waals surface area contributed by atoms with E-state index in [-0.39, 0.29) is 17.8 Å². The summed E-state index contributed by atoms with van der Waals surface area (Å²) in [6, 6.07) is 9.93. The zero-order chi connectivity index (χ0) is 21.2. The van der Waals surface area contributed by atoms with Crippen molar-refractivity contribution >= 4 is 34.4 Å². The topological polar surface area (TPSA) is 115 Å². The summed E-state index contributed by atoms with van der Waals surface area (Å²) in [7, 11) is 0. The van der Waals surface area contributed by atoms with Gasteiger partial charge in [0.05, 0.1) is 5.39 Å². The molecule has 4 N–H and O–H groups in total. The van der Waals surface area contributed by atoms with Crippen LogP contribution in [0.3, 0.4) is 0 Å². The molecule has 1 amide bonds. The normalized spacial score (nSPS) is 14.7. The minimum Gasteiger partial charge on any atom is -0.366 e. The first kappa shape index (κ1) is 19.0. The van der Waals surface area contributed by atoms with Crippen LogP contribution in [0, 0.1) is 5.82 Å². The van der Waals surface area contributed by atoms with Gasteiger partial charge in [0, 0.05) is 37.2 Å². The quantitative estimate of drug-likeness (QED) is 0.394. The van der Waals surface area contributed by atoms with Gasteiger partial charge in [0.25, 0.3) is 5.91 Å². The average molecular weight is 420 g/mol. The Hall–Kier alpha value is -3.95. The van der Waals surface area contributed by atoms with Gasteiger partial charge in [0.1, 0.15) is 23.0 Å². The number of aromatic nitrogens is 5. The number of carbonyl (C=O) groups is 1. The lowest BCUT2D eigenvalue weighted by molar-refractivity contribution is 0.0712. The Morgan fingerprint density at radius 2 is 2.03 bits per heavy atom. The summed E-state index contributed by atoms with van der Waals surface area (Å²) in [6.45, 7) is 1.29. The first-order valence-corrected chi connectivity index (χ1v) is 10.1. The molecular formula is C21H21FN8O. The molecule has 0 unspecified atom stereocenters. The van der Waals surface area contributed by atoms with Crippen LogP contribution in [-0.2, 0) is 0 Å². The largest absolute Gasteiger partial charge is 0.366 e. The molecule has 31 heavy (non-hydrogen) atoms. The van der Waals surface area contributed by atoms with Crippen molar-refractivity contribution in [1.82, 2.24) is 30.0 Å². The Morgan fingerprint density at radius 3 is 2.81 bits per heavy atom. The number of fused-ring (bicyclic) bond motifs is 1. The van der Waals surface area contributed by atoms with E-state index in [0.717, 1.165) is 18.2 Å². The molecule has 1 fully saturated rings. The molecule has 10 heteroatoms. The van der Waals surface area contributed by atoms with Crippen LogP contribution >= 0.6 is 0 Å². The number of rotatable bonds is 5. The predicted molar refractivity (Wildman–Crippen MR) is 115 cm³/mol. The molecule has 0 saturated carbocycles. The monoisotopic (exact) mass is 420 g/mol. The Labute approximate surface area is 177 Å². The van der Waals surface area contributed by atoms with Gasteiger partial charge in [-0.1, -0.05) is 6.07 Å². The molecule has 0 spiro atoms. The van der Waals surface area contributed by atoms with Gasteiger partial charge in [-0.2, -0.15) is 15.1 Å². The van der Waals surface area contributed by atoms with E-state index in [1.807, 2.05) is 17.2 Å². The Morgan fingerprint density at radius 1 is 1.16 bits per heavy atom. The Kier molecular flexibility index (Phi) is 4.95. The summed E-state index contributed by atoms with van der Waals surface area (Å²) in [6.07, 6.45) is 4.97. The number of halogens is 1. The van der Waals surface area contributed by atoms with Crippen molar-refractivity contribution in [2.24, 2.45) is 0 Å². The number of hydrogen-bond acceptors (Lipinski definition) is 6. The number of carbonyl (C=O) groups excluding carboxylic acids is 1. The van der Waals surface area contributed by atoms with Crippen molar-refractivity contribution < 1.29 is 9.18 Å². The van der Waals surface area contributed by atoms with E-state index in [9.17, 15) is 9.18 Å². The number of nitrogens with one attached hydrogen (secondary N) is 4. The van der Waals surface area contributed by atoms with Crippen LogP contribution in [0.5, 0.6) is 0 Å². The van der Waals surface area contributed by atoms with E-state index in [1.54, 1.807) is 24.4 Å². The molecule has 9 nitrogen and oxygen atoms in total. The van der Waals surface area contributed by atoms with E-state index >= 15 is 0 Å². The lowest BCUT2D eigenvalue weighted by Gasteiger charge is -2.32. The fraction of sp³-hybridized carbons (Fsp3) is 0.238. The van der Waals surface area contributed by atoms with Gasteiger partial charge in [-0.15, -0.1) is 0 Å². The minimum atomic E-state index is -0.333. The minimum absolute atomic E-state index is 0.0346. The smallest absolute Gasteiger partial charge is 0.271 e. The highest BCUT2D eigenvalue weighted by molar-refractivity contribution is 5.92. The van der Waals surface area contributed by atoms with Gasteiger partial charge < -0.3 is 20.5 Å². The molecule has 3 aromatic heterocycles. The van der Waals surface area contributed by atoms with Crippen LogP contribution in [0.4, 0.5) is 21.8 Å². The first-order chi connectivity index (χ1) is 15.2. The van der Waals surface area contributed by atoms with Crippen molar-refractivity contribution in [3.8, 4) is 0 Å². The summed E-state index contributed by atoms with van der Waals surface area (Å²) >= 11 is 0. The van der Waals surface area contributed by atoms with Crippen molar-refractivity contribution in [3.05, 3.63) is 60.3 Å². The van der Waals surface area contributed by atoms with Gasteiger partial charge in [-0.25, -0.2) is 4.39 Å². The highest BCUT2D eigenvalue weighted by Gasteiger charge is 2.25. The third-order valence-corrected chi connectivity index (χ3v) is 5.35. The number of nitrogens with zero attached hydrogens (tertiary/aromatic N) is 4. The van der Waals surface area contributed by atoms with E-state index in [2.05, 4.69) is 35.8 Å². The molecule has 4 heterocycles. The summed E-state index contributed by atoms with van der Waals surface area (Å²) < 4.78 is 13.5. The molecule has 158 valence electrons. The first-order valence-electron chi connectivity index (χ1n) is 10.1. The van der Waals surface area contributed by atoms with Crippen LogP contribution in [-0.4, -0.2) is 55.1 Å². The van der Waals surface area contributed by atoms with Gasteiger partial charge >= 0.3 is 0 Å². The van der Waals surface area contributed by atoms with Crippen LogP contribution in [0.25, 0.3) is 11.0 Å². The molecule has 1 saturated heterocycles. The van der Waals surface area contributed by atoms with Crippen molar-refractivity contribution in [2.75, 3.05) is 23.7 Å². The molecular weight excluding hydrogens is 399 g/mol. The molecule has 4 aromatic rings. The number of piperidine rings is 1. The van der Waals surface area contributed by atoms with Crippen molar-refractivity contribution in [2.45, 2.75) is 18.9 Å². The molecule has 5 rings (SSSR count). The number of benzene rings is 1. The molecule has 0 aliphatic carbocycles. The standard InChI is InChI=1S/C21H21FN8O/c22-13-2-1-3-15(12-13)26-21-27-18-16(4-8-23-18)19(28-21)25-14-6-10-30(11-7-14)20(31)17-5-9-24-29-17/h1-5,8-9,12,14H,6-7,10-11H2,(H,24,29)(H3,23,25,26,27,28). The molecule has 1 aromatic carbocycles. The Balaban J connectivity index is 1.30. The second-order valence-corrected chi connectivity index (χ2v) is 7.45. The van der Waals surface area contributed by atoms with Crippen LogP contribution in [0.15, 0.2) is 48.8 Å². The lowest BCUT2D eigenvalue weighted by Crippen LogP contribution is -2.42. The number of H-pyrrole nitrogens is 2. The second kappa shape index (κ2) is 8.05. The van der Waals surface area contributed by atoms with E-state index in [4.69, 9.17) is 0 Å². The number of amides is 1. The maximum absolute atomic E-state index is 13.5. The van der Waals surface area contributed by atoms with E-state index in [1.165, 1.54) is 12.1 Å². The van der Waals surface area contributed by atoms with Gasteiger partial charge in [0.2, 0.25) is 5.95 Å². The summed E-state index contributed by atoms with van der Waals surface area (Å²) in [5.74, 6) is 0.701. The Bertz CT molecular complexity index is 1200. The third kappa shape index (κ3) is 4.04. The highest BCUT2D eigenvalue weighted by atomic mass is 19.1. The SMILES string of the molecule is O=C(c1ccn[nH]1)N1CCC(Nc2nc(Nc3cccc(F)c3)nc3[nH]ccc23)CC1. The number of aromatic amines is 2. The fourth-order valence-electron chi connectivity index (χ4n) is 3.77. The predicted octanol–water partition coefficient (Wildman–Crippen LogP) is 3.28. The highest BCUT2D eigenvalue weighted by Crippen LogP contribution is 2.25. The van der Waals surface area contributed by atoms with E-state index < -0.39 is 0 Å². The molecule has 1 aliphatic rings. The van der Waals surface area contributed by atoms with E-state index in [0.29, 0.717) is 41.9 Å².